The van der Waals surface area contributed by atoms with Crippen LogP contribution in [0, 0.1) is 0 Å². The van der Waals surface area contributed by atoms with Crippen molar-refractivity contribution in [2.24, 2.45) is 0 Å². The summed E-state index contributed by atoms with van der Waals surface area (Å²) in [4.78, 5) is 6.88. The SMILES string of the molecule is CN(Cc1ccccc1)Cc1nc(Br)c2ccccn12. The number of fused-ring (bicyclic) bond motifs is 1. The molecule has 0 saturated heterocycles. The number of pyridine rings is 1. The molecule has 0 aliphatic carbocycles. The molecule has 0 aliphatic heterocycles. The fourth-order valence-electron chi connectivity index (χ4n) is 2.36. The minimum absolute atomic E-state index is 0.811. The Bertz CT molecular complexity index is 706. The first kappa shape index (κ1) is 13.3. The molecule has 3 rings (SSSR count). The molecule has 0 bridgehead atoms. The summed E-state index contributed by atoms with van der Waals surface area (Å²) in [6.45, 7) is 1.73. The highest BCUT2D eigenvalue weighted by Crippen LogP contribution is 2.19. The number of aromatic nitrogens is 2. The lowest BCUT2D eigenvalue weighted by Gasteiger charge is -2.15. The molecule has 0 aliphatic rings. The Labute approximate surface area is 127 Å². The molecule has 3 nitrogen and oxygen atoms in total. The average Bonchev–Trinajstić information content (AvgIpc) is 2.77. The summed E-state index contributed by atoms with van der Waals surface area (Å²) in [5.74, 6) is 1.05. The molecular formula is C16H16BrN3. The van der Waals surface area contributed by atoms with E-state index in [1.807, 2.05) is 18.2 Å². The van der Waals surface area contributed by atoms with Crippen LogP contribution in [0.4, 0.5) is 0 Å². The predicted octanol–water partition coefficient (Wildman–Crippen LogP) is 3.73. The molecule has 2 heterocycles. The maximum Gasteiger partial charge on any atom is 0.132 e. The van der Waals surface area contributed by atoms with Gasteiger partial charge >= 0.3 is 0 Å². The predicted molar refractivity (Wildman–Crippen MR) is 84.5 cm³/mol. The Morgan fingerprint density at radius 1 is 1.05 bits per heavy atom. The fourth-order valence-corrected chi connectivity index (χ4v) is 2.89. The molecule has 102 valence electrons. The fraction of sp³-hybridized carbons (Fsp3) is 0.188. The van der Waals surface area contributed by atoms with Crippen molar-refractivity contribution in [3.63, 3.8) is 0 Å². The van der Waals surface area contributed by atoms with E-state index in [1.165, 1.54) is 5.56 Å². The summed E-state index contributed by atoms with van der Waals surface area (Å²) in [7, 11) is 2.12. The lowest BCUT2D eigenvalue weighted by Crippen LogP contribution is -2.18. The minimum atomic E-state index is 0.811. The van der Waals surface area contributed by atoms with Gasteiger partial charge in [-0.2, -0.15) is 0 Å². The van der Waals surface area contributed by atoms with Crippen molar-refractivity contribution in [1.82, 2.24) is 14.3 Å². The molecule has 2 aromatic heterocycles. The summed E-state index contributed by atoms with van der Waals surface area (Å²) < 4.78 is 3.03. The summed E-state index contributed by atoms with van der Waals surface area (Å²) in [6, 6.07) is 16.6. The van der Waals surface area contributed by atoms with Crippen LogP contribution in [0.25, 0.3) is 5.52 Å². The van der Waals surface area contributed by atoms with Crippen LogP contribution in [-0.4, -0.2) is 21.3 Å². The number of benzene rings is 1. The van der Waals surface area contributed by atoms with Gasteiger partial charge in [-0.25, -0.2) is 4.98 Å². The van der Waals surface area contributed by atoms with E-state index >= 15 is 0 Å². The Morgan fingerprint density at radius 2 is 1.80 bits per heavy atom. The zero-order chi connectivity index (χ0) is 13.9. The third kappa shape index (κ3) is 2.76. The van der Waals surface area contributed by atoms with Crippen LogP contribution in [0.15, 0.2) is 59.3 Å². The number of imidazole rings is 1. The second-order valence-corrected chi connectivity index (χ2v) is 5.68. The number of hydrogen-bond donors (Lipinski definition) is 0. The smallest absolute Gasteiger partial charge is 0.132 e. The molecule has 0 saturated carbocycles. The van der Waals surface area contributed by atoms with Gasteiger partial charge in [0.05, 0.1) is 12.1 Å². The Hall–Kier alpha value is -1.65. The molecule has 3 aromatic rings. The number of halogens is 1. The summed E-state index contributed by atoms with van der Waals surface area (Å²) >= 11 is 3.52. The molecule has 0 unspecified atom stereocenters. The molecule has 4 heteroatoms. The zero-order valence-corrected chi connectivity index (χ0v) is 12.9. The number of hydrogen-bond acceptors (Lipinski definition) is 2. The van der Waals surface area contributed by atoms with E-state index in [2.05, 4.69) is 73.8 Å². The lowest BCUT2D eigenvalue weighted by atomic mass is 10.2. The van der Waals surface area contributed by atoms with Gasteiger partial charge in [-0.05, 0) is 40.7 Å². The van der Waals surface area contributed by atoms with Gasteiger partial charge in [0, 0.05) is 12.7 Å². The maximum atomic E-state index is 4.61. The summed E-state index contributed by atoms with van der Waals surface area (Å²) in [5, 5.41) is 0. The second kappa shape index (κ2) is 5.77. The standard InChI is InChI=1S/C16H16BrN3/c1-19(11-13-7-3-2-4-8-13)12-15-18-16(17)14-9-5-6-10-20(14)15/h2-10H,11-12H2,1H3. The van der Waals surface area contributed by atoms with Gasteiger partial charge in [-0.1, -0.05) is 36.4 Å². The second-order valence-electron chi connectivity index (χ2n) is 4.93. The van der Waals surface area contributed by atoms with Crippen LogP contribution < -0.4 is 0 Å². The average molecular weight is 330 g/mol. The van der Waals surface area contributed by atoms with Crippen molar-refractivity contribution in [2.75, 3.05) is 7.05 Å². The van der Waals surface area contributed by atoms with Crippen molar-refractivity contribution in [3.8, 4) is 0 Å². The van der Waals surface area contributed by atoms with E-state index in [4.69, 9.17) is 0 Å². The van der Waals surface area contributed by atoms with Crippen molar-refractivity contribution in [3.05, 3.63) is 70.7 Å². The quantitative estimate of drug-likeness (QED) is 0.727. The zero-order valence-electron chi connectivity index (χ0n) is 11.3. The van der Waals surface area contributed by atoms with Crippen molar-refractivity contribution >= 4 is 21.4 Å². The number of rotatable bonds is 4. The lowest BCUT2D eigenvalue weighted by molar-refractivity contribution is 0.310. The number of nitrogens with zero attached hydrogens (tertiary/aromatic N) is 3. The van der Waals surface area contributed by atoms with Crippen LogP contribution >= 0.6 is 15.9 Å². The van der Waals surface area contributed by atoms with Gasteiger partial charge in [0.25, 0.3) is 0 Å². The van der Waals surface area contributed by atoms with Crippen molar-refractivity contribution < 1.29 is 0 Å². The van der Waals surface area contributed by atoms with Gasteiger partial charge in [0.1, 0.15) is 10.4 Å². The first-order valence-electron chi connectivity index (χ1n) is 6.58. The Morgan fingerprint density at radius 3 is 2.60 bits per heavy atom. The normalized spacial score (nSPS) is 11.3. The highest BCUT2D eigenvalue weighted by Gasteiger charge is 2.10. The first-order valence-corrected chi connectivity index (χ1v) is 7.37. The molecule has 0 N–H and O–H groups in total. The Balaban J connectivity index is 1.79. The molecule has 0 atom stereocenters. The first-order chi connectivity index (χ1) is 9.74. The Kier molecular flexibility index (Phi) is 3.85. The monoisotopic (exact) mass is 329 g/mol. The van der Waals surface area contributed by atoms with Gasteiger partial charge in [-0.3, -0.25) is 4.90 Å². The molecule has 0 spiro atoms. The highest BCUT2D eigenvalue weighted by atomic mass is 79.9. The highest BCUT2D eigenvalue weighted by molar-refractivity contribution is 9.10. The van der Waals surface area contributed by atoms with Gasteiger partial charge in [0.15, 0.2) is 0 Å². The van der Waals surface area contributed by atoms with Crippen molar-refractivity contribution in [1.29, 1.82) is 0 Å². The molecule has 0 amide bonds. The van der Waals surface area contributed by atoms with Crippen LogP contribution in [0.3, 0.4) is 0 Å². The van der Waals surface area contributed by atoms with E-state index in [0.29, 0.717) is 0 Å². The van der Waals surface area contributed by atoms with E-state index in [1.54, 1.807) is 0 Å². The van der Waals surface area contributed by atoms with Gasteiger partial charge < -0.3 is 4.40 Å². The van der Waals surface area contributed by atoms with Crippen molar-refractivity contribution in [2.45, 2.75) is 13.1 Å². The van der Waals surface area contributed by atoms with Crippen LogP contribution in [0.1, 0.15) is 11.4 Å². The molecule has 0 fully saturated rings. The van der Waals surface area contributed by atoms with Crippen LogP contribution in [-0.2, 0) is 13.1 Å². The third-order valence-corrected chi connectivity index (χ3v) is 3.87. The van der Waals surface area contributed by atoms with Crippen LogP contribution in [0.2, 0.25) is 0 Å². The topological polar surface area (TPSA) is 20.5 Å². The maximum absolute atomic E-state index is 4.61. The van der Waals surface area contributed by atoms with E-state index in [9.17, 15) is 0 Å². The van der Waals surface area contributed by atoms with Crippen LogP contribution in [0.5, 0.6) is 0 Å². The third-order valence-electron chi connectivity index (χ3n) is 3.28. The summed E-state index contributed by atoms with van der Waals surface area (Å²) in [6.07, 6.45) is 2.05. The largest absolute Gasteiger partial charge is 0.301 e. The molecular weight excluding hydrogens is 314 g/mol. The van der Waals surface area contributed by atoms with E-state index in [0.717, 1.165) is 29.0 Å². The summed E-state index contributed by atoms with van der Waals surface area (Å²) in [5.41, 5.74) is 2.42. The molecule has 1 aromatic carbocycles. The van der Waals surface area contributed by atoms with Gasteiger partial charge in [0.2, 0.25) is 0 Å². The molecule has 20 heavy (non-hydrogen) atoms. The van der Waals surface area contributed by atoms with E-state index < -0.39 is 0 Å². The molecule has 0 radical (unpaired) electrons. The van der Waals surface area contributed by atoms with E-state index in [-0.39, 0.29) is 0 Å². The minimum Gasteiger partial charge on any atom is -0.301 e. The van der Waals surface area contributed by atoms with Gasteiger partial charge in [-0.15, -0.1) is 0 Å².